The minimum absolute atomic E-state index is 0.0189. The van der Waals surface area contributed by atoms with Gasteiger partial charge in [-0.2, -0.15) is 0 Å². The first-order valence-electron chi connectivity index (χ1n) is 10.8. The molecule has 4 aromatic rings. The van der Waals surface area contributed by atoms with E-state index in [1.807, 2.05) is 30.3 Å². The molecular formula is C24H26N8O3. The molecule has 0 bridgehead atoms. The Bertz CT molecular complexity index is 1350. The van der Waals surface area contributed by atoms with Gasteiger partial charge in [0.25, 0.3) is 5.95 Å². The number of nitrogens with zero attached hydrogens (tertiary/aromatic N) is 4. The van der Waals surface area contributed by atoms with Gasteiger partial charge in [0.1, 0.15) is 17.6 Å². The Kier molecular flexibility index (Phi) is 7.17. The highest BCUT2D eigenvalue weighted by atomic mass is 16.5. The molecule has 4 rings (SSSR count). The van der Waals surface area contributed by atoms with E-state index < -0.39 is 11.7 Å². The van der Waals surface area contributed by atoms with Crippen LogP contribution < -0.4 is 21.5 Å². The summed E-state index contributed by atoms with van der Waals surface area (Å²) in [6, 6.07) is 14.1. The number of aromatic nitrogens is 5. The van der Waals surface area contributed by atoms with Crippen molar-refractivity contribution in [1.29, 1.82) is 5.41 Å². The lowest BCUT2D eigenvalue weighted by atomic mass is 10.0. The van der Waals surface area contributed by atoms with Crippen molar-refractivity contribution in [2.45, 2.75) is 12.5 Å². The second-order valence-electron chi connectivity index (χ2n) is 7.70. The van der Waals surface area contributed by atoms with Crippen molar-refractivity contribution in [2.24, 2.45) is 5.73 Å². The molecule has 0 fully saturated rings. The highest BCUT2D eigenvalue weighted by molar-refractivity contribution is 5.95. The number of anilines is 1. The van der Waals surface area contributed by atoms with Crippen LogP contribution in [0.25, 0.3) is 5.95 Å². The molecule has 0 aliphatic rings. The van der Waals surface area contributed by atoms with Crippen molar-refractivity contribution in [3.63, 3.8) is 0 Å². The van der Waals surface area contributed by atoms with Crippen molar-refractivity contribution >= 4 is 11.5 Å². The SMILES string of the molecule is COCCc1cc(OC)cc(C(Nc2ccc(C(=N)N)cc2)c2nn(-c3ncccn3)c(=O)[nH]2)c1. The minimum Gasteiger partial charge on any atom is -0.497 e. The summed E-state index contributed by atoms with van der Waals surface area (Å²) in [6.45, 7) is 0.550. The van der Waals surface area contributed by atoms with E-state index in [9.17, 15) is 4.79 Å². The number of H-pyrrole nitrogens is 1. The van der Waals surface area contributed by atoms with E-state index in [1.165, 1.54) is 0 Å². The fourth-order valence-electron chi connectivity index (χ4n) is 3.56. The summed E-state index contributed by atoms with van der Waals surface area (Å²) in [5.41, 5.74) is 8.30. The Morgan fingerprint density at radius 3 is 2.57 bits per heavy atom. The molecule has 0 saturated heterocycles. The number of hydrogen-bond donors (Lipinski definition) is 4. The van der Waals surface area contributed by atoms with Crippen molar-refractivity contribution in [2.75, 3.05) is 26.1 Å². The van der Waals surface area contributed by atoms with Crippen molar-refractivity contribution < 1.29 is 9.47 Å². The first kappa shape index (κ1) is 23.6. The quantitative estimate of drug-likeness (QED) is 0.201. The first-order valence-corrected chi connectivity index (χ1v) is 10.8. The summed E-state index contributed by atoms with van der Waals surface area (Å²) < 4.78 is 11.9. The second kappa shape index (κ2) is 10.6. The van der Waals surface area contributed by atoms with Crippen LogP contribution in [0.2, 0.25) is 0 Å². The smallest absolute Gasteiger partial charge is 0.350 e. The summed E-state index contributed by atoms with van der Waals surface area (Å²) in [4.78, 5) is 23.8. The Morgan fingerprint density at radius 1 is 1.17 bits per heavy atom. The van der Waals surface area contributed by atoms with E-state index in [4.69, 9.17) is 20.6 Å². The standard InChI is InChI=1S/C24H26N8O3/c1-34-11-8-15-12-17(14-19(13-15)35-2)20(29-18-6-4-16(5-7-18)21(25)26)22-30-24(33)32(31-22)23-27-9-3-10-28-23/h3-7,9-10,12-14,20,29H,8,11H2,1-2H3,(H3,25,26)(H,30,31,33). The first-order chi connectivity index (χ1) is 17.0. The van der Waals surface area contributed by atoms with Gasteiger partial charge in [0.05, 0.1) is 13.7 Å². The number of amidine groups is 1. The van der Waals surface area contributed by atoms with Crippen LogP contribution in [0.15, 0.2) is 65.7 Å². The summed E-state index contributed by atoms with van der Waals surface area (Å²) in [5.74, 6) is 1.18. The van der Waals surface area contributed by atoms with Crippen LogP contribution in [0.1, 0.15) is 28.6 Å². The largest absolute Gasteiger partial charge is 0.497 e. The van der Waals surface area contributed by atoms with Gasteiger partial charge in [-0.3, -0.25) is 10.4 Å². The van der Waals surface area contributed by atoms with Crippen LogP contribution in [0, 0.1) is 5.41 Å². The van der Waals surface area contributed by atoms with Crippen LogP contribution in [-0.4, -0.2) is 51.4 Å². The summed E-state index contributed by atoms with van der Waals surface area (Å²) in [6.07, 6.45) is 3.77. The molecule has 0 radical (unpaired) electrons. The van der Waals surface area contributed by atoms with Gasteiger partial charge in [-0.15, -0.1) is 9.78 Å². The zero-order valence-electron chi connectivity index (χ0n) is 19.4. The molecule has 1 atom stereocenters. The highest BCUT2D eigenvalue weighted by Gasteiger charge is 2.22. The minimum atomic E-state index is -0.549. The van der Waals surface area contributed by atoms with Crippen LogP contribution >= 0.6 is 0 Å². The maximum absolute atomic E-state index is 12.7. The molecule has 2 heterocycles. The van der Waals surface area contributed by atoms with E-state index in [0.717, 1.165) is 21.5 Å². The molecule has 2 aromatic carbocycles. The zero-order chi connectivity index (χ0) is 24.8. The Hall–Kier alpha value is -4.51. The molecular weight excluding hydrogens is 448 g/mol. The molecule has 0 aliphatic heterocycles. The average Bonchev–Trinajstić information content (AvgIpc) is 3.27. The summed E-state index contributed by atoms with van der Waals surface area (Å²) >= 11 is 0. The third-order valence-corrected chi connectivity index (χ3v) is 5.31. The molecule has 35 heavy (non-hydrogen) atoms. The van der Waals surface area contributed by atoms with Crippen LogP contribution in [-0.2, 0) is 11.2 Å². The predicted molar refractivity (Wildman–Crippen MR) is 131 cm³/mol. The lowest BCUT2D eigenvalue weighted by Gasteiger charge is -2.20. The molecule has 0 saturated carbocycles. The van der Waals surface area contributed by atoms with Gasteiger partial charge in [0.15, 0.2) is 5.82 Å². The Balaban J connectivity index is 1.79. The van der Waals surface area contributed by atoms with Crippen LogP contribution in [0.4, 0.5) is 5.69 Å². The highest BCUT2D eigenvalue weighted by Crippen LogP contribution is 2.29. The topological polar surface area (TPSA) is 157 Å². The van der Waals surface area contributed by atoms with Crippen molar-refractivity contribution in [1.82, 2.24) is 24.7 Å². The Labute approximate surface area is 201 Å². The van der Waals surface area contributed by atoms with Gasteiger partial charge < -0.3 is 20.5 Å². The lowest BCUT2D eigenvalue weighted by Crippen LogP contribution is -2.18. The number of rotatable bonds is 10. The number of nitrogens with one attached hydrogen (secondary N) is 3. The van der Waals surface area contributed by atoms with Gasteiger partial charge >= 0.3 is 5.69 Å². The summed E-state index contributed by atoms with van der Waals surface area (Å²) in [5, 5.41) is 15.5. The van der Waals surface area contributed by atoms with Crippen LogP contribution in [0.5, 0.6) is 5.75 Å². The number of nitrogens with two attached hydrogens (primary N) is 1. The molecule has 11 heteroatoms. The normalized spacial score (nSPS) is 11.7. The lowest BCUT2D eigenvalue weighted by molar-refractivity contribution is 0.202. The van der Waals surface area contributed by atoms with Crippen molar-refractivity contribution in [3.05, 3.63) is 93.9 Å². The predicted octanol–water partition coefficient (Wildman–Crippen LogP) is 2.03. The molecule has 0 spiro atoms. The number of ether oxygens (including phenoxy) is 2. The number of benzene rings is 2. The number of nitrogen functional groups attached to an aromatic ring is 1. The van der Waals surface area contributed by atoms with Crippen molar-refractivity contribution in [3.8, 4) is 11.7 Å². The molecule has 1 unspecified atom stereocenters. The van der Waals surface area contributed by atoms with Gasteiger partial charge in [0.2, 0.25) is 0 Å². The van der Waals surface area contributed by atoms with E-state index in [2.05, 4.69) is 25.4 Å². The number of hydrogen-bond acceptors (Lipinski definition) is 8. The van der Waals surface area contributed by atoms with Gasteiger partial charge in [0, 0.05) is 30.8 Å². The molecule has 5 N–H and O–H groups in total. The zero-order valence-corrected chi connectivity index (χ0v) is 19.4. The fraction of sp³-hybridized carbons (Fsp3) is 0.208. The van der Waals surface area contributed by atoms with Gasteiger partial charge in [-0.25, -0.2) is 14.8 Å². The second-order valence-corrected chi connectivity index (χ2v) is 7.70. The Morgan fingerprint density at radius 2 is 1.91 bits per heavy atom. The monoisotopic (exact) mass is 474 g/mol. The maximum atomic E-state index is 12.7. The van der Waals surface area contributed by atoms with E-state index in [-0.39, 0.29) is 11.8 Å². The van der Waals surface area contributed by atoms with Gasteiger partial charge in [-0.05, 0) is 60.0 Å². The van der Waals surface area contributed by atoms with E-state index in [1.54, 1.807) is 44.8 Å². The molecule has 2 aromatic heterocycles. The molecule has 180 valence electrons. The van der Waals surface area contributed by atoms with E-state index in [0.29, 0.717) is 30.2 Å². The van der Waals surface area contributed by atoms with Crippen LogP contribution in [0.3, 0.4) is 0 Å². The third-order valence-electron chi connectivity index (χ3n) is 5.31. The molecule has 0 aliphatic carbocycles. The van der Waals surface area contributed by atoms with Gasteiger partial charge in [-0.1, -0.05) is 6.07 Å². The third kappa shape index (κ3) is 5.53. The maximum Gasteiger partial charge on any atom is 0.350 e. The molecule has 11 nitrogen and oxygen atoms in total. The average molecular weight is 475 g/mol. The molecule has 0 amide bonds. The fourth-order valence-corrected chi connectivity index (χ4v) is 3.56. The number of methoxy groups -OCH3 is 2. The van der Waals surface area contributed by atoms with E-state index >= 15 is 0 Å². The number of aromatic amines is 1. The summed E-state index contributed by atoms with van der Waals surface area (Å²) in [7, 11) is 3.25.